The van der Waals surface area contributed by atoms with E-state index in [1.807, 2.05) is 30.3 Å². The molecule has 1 aromatic rings. The van der Waals surface area contributed by atoms with Gasteiger partial charge < -0.3 is 4.84 Å². The van der Waals surface area contributed by atoms with Crippen LogP contribution in [0, 0.1) is 10.8 Å². The quantitative estimate of drug-likeness (QED) is 0.574. The van der Waals surface area contributed by atoms with Crippen LogP contribution in [0.5, 0.6) is 0 Å². The third-order valence-electron chi connectivity index (χ3n) is 3.98. The summed E-state index contributed by atoms with van der Waals surface area (Å²) in [6.45, 7) is 12.9. The molecular weight excluding hydrogens is 298 g/mol. The van der Waals surface area contributed by atoms with Crippen LogP contribution in [0.15, 0.2) is 58.8 Å². The summed E-state index contributed by atoms with van der Waals surface area (Å²) in [5.41, 5.74) is 3.12. The third-order valence-corrected chi connectivity index (χ3v) is 3.98. The maximum Gasteiger partial charge on any atom is 0.208 e. The molecule has 0 amide bonds. The van der Waals surface area contributed by atoms with Gasteiger partial charge in [-0.1, -0.05) is 83.1 Å². The van der Waals surface area contributed by atoms with Gasteiger partial charge in [0, 0.05) is 0 Å². The molecule has 128 valence electrons. The zero-order valence-corrected chi connectivity index (χ0v) is 15.5. The van der Waals surface area contributed by atoms with Crippen LogP contribution in [0.4, 0.5) is 0 Å². The van der Waals surface area contributed by atoms with Crippen molar-refractivity contribution in [3.63, 3.8) is 0 Å². The van der Waals surface area contributed by atoms with Crippen molar-refractivity contribution in [3.8, 4) is 0 Å². The van der Waals surface area contributed by atoms with Crippen LogP contribution in [-0.2, 0) is 16.2 Å². The van der Waals surface area contributed by atoms with Crippen molar-refractivity contribution < 1.29 is 9.63 Å². The Morgan fingerprint density at radius 2 is 1.54 bits per heavy atom. The van der Waals surface area contributed by atoms with Crippen LogP contribution in [0.3, 0.4) is 0 Å². The summed E-state index contributed by atoms with van der Waals surface area (Å²) < 4.78 is 0. The average Bonchev–Trinajstić information content (AvgIpc) is 2.47. The van der Waals surface area contributed by atoms with E-state index < -0.39 is 0 Å². The molecule has 0 saturated heterocycles. The van der Waals surface area contributed by atoms with Crippen LogP contribution in [0.25, 0.3) is 0 Å². The number of oxime groups is 1. The summed E-state index contributed by atoms with van der Waals surface area (Å²) in [6.07, 6.45) is 3.77. The van der Waals surface area contributed by atoms with Gasteiger partial charge in [0.05, 0.1) is 0 Å². The fourth-order valence-corrected chi connectivity index (χ4v) is 2.45. The molecule has 0 bridgehead atoms. The Morgan fingerprint density at radius 3 is 2.08 bits per heavy atom. The molecule has 0 aliphatic heterocycles. The standard InChI is InChI=1S/C21H27NO2/c1-20(2,3)16-12-17(21(4,5)6)19(18(23)13-16)22-24-14-15-10-8-7-9-11-15/h7-13H,14H2,1-6H3. The van der Waals surface area contributed by atoms with Crippen molar-refractivity contribution in [2.24, 2.45) is 16.0 Å². The Bertz CT molecular complexity index is 696. The van der Waals surface area contributed by atoms with E-state index in [0.29, 0.717) is 12.3 Å². The minimum atomic E-state index is -0.185. The summed E-state index contributed by atoms with van der Waals surface area (Å²) in [5, 5.41) is 4.18. The maximum absolute atomic E-state index is 12.6. The first-order chi connectivity index (χ1) is 11.1. The van der Waals surface area contributed by atoms with E-state index in [9.17, 15) is 4.79 Å². The summed E-state index contributed by atoms with van der Waals surface area (Å²) in [5.74, 6) is -0.0830. The van der Waals surface area contributed by atoms with E-state index in [2.05, 4.69) is 52.8 Å². The van der Waals surface area contributed by atoms with Crippen molar-refractivity contribution in [2.45, 2.75) is 48.1 Å². The molecule has 0 aromatic heterocycles. The van der Waals surface area contributed by atoms with Gasteiger partial charge in [0.2, 0.25) is 5.78 Å². The van der Waals surface area contributed by atoms with Crippen LogP contribution >= 0.6 is 0 Å². The van der Waals surface area contributed by atoms with Gasteiger partial charge in [-0.3, -0.25) is 4.79 Å². The molecule has 2 rings (SSSR count). The van der Waals surface area contributed by atoms with Crippen molar-refractivity contribution in [1.82, 2.24) is 0 Å². The zero-order chi connectivity index (χ0) is 18.0. The molecular formula is C21H27NO2. The Labute approximate surface area is 145 Å². The second kappa shape index (κ2) is 6.76. The fourth-order valence-electron chi connectivity index (χ4n) is 2.45. The smallest absolute Gasteiger partial charge is 0.208 e. The second-order valence-electron chi connectivity index (χ2n) is 8.22. The first-order valence-corrected chi connectivity index (χ1v) is 8.32. The normalized spacial score (nSPS) is 17.6. The van der Waals surface area contributed by atoms with Gasteiger partial charge in [0.25, 0.3) is 0 Å². The van der Waals surface area contributed by atoms with E-state index in [1.165, 1.54) is 0 Å². The highest BCUT2D eigenvalue weighted by molar-refractivity contribution is 6.50. The van der Waals surface area contributed by atoms with E-state index in [0.717, 1.165) is 16.7 Å². The molecule has 3 nitrogen and oxygen atoms in total. The van der Waals surface area contributed by atoms with E-state index in [4.69, 9.17) is 4.84 Å². The molecule has 24 heavy (non-hydrogen) atoms. The number of rotatable bonds is 3. The lowest BCUT2D eigenvalue weighted by molar-refractivity contribution is -0.109. The van der Waals surface area contributed by atoms with Gasteiger partial charge in [-0.25, -0.2) is 0 Å². The number of ketones is 1. The molecule has 0 saturated carbocycles. The first kappa shape index (κ1) is 18.2. The summed E-state index contributed by atoms with van der Waals surface area (Å²) in [7, 11) is 0. The molecule has 0 atom stereocenters. The SMILES string of the molecule is CC(C)(C)C1=CC(=O)C(=NOCc2ccccc2)C(C(C)(C)C)=C1. The number of carbonyl (C=O) groups excluding carboxylic acids is 1. The van der Waals surface area contributed by atoms with Crippen LogP contribution in [0.2, 0.25) is 0 Å². The predicted octanol–water partition coefficient (Wildman–Crippen LogP) is 5.09. The topological polar surface area (TPSA) is 38.7 Å². The maximum atomic E-state index is 12.6. The second-order valence-corrected chi connectivity index (χ2v) is 8.22. The molecule has 0 spiro atoms. The van der Waals surface area contributed by atoms with Crippen molar-refractivity contribution >= 4 is 11.5 Å². The lowest BCUT2D eigenvalue weighted by Crippen LogP contribution is -2.29. The molecule has 1 aliphatic rings. The highest BCUT2D eigenvalue weighted by atomic mass is 16.6. The number of benzene rings is 1. The number of carbonyl (C=O) groups is 1. The van der Waals surface area contributed by atoms with Crippen molar-refractivity contribution in [3.05, 3.63) is 59.2 Å². The summed E-state index contributed by atoms with van der Waals surface area (Å²) in [4.78, 5) is 18.1. The molecule has 0 N–H and O–H groups in total. The molecule has 0 radical (unpaired) electrons. The van der Waals surface area contributed by atoms with Crippen molar-refractivity contribution in [1.29, 1.82) is 0 Å². The van der Waals surface area contributed by atoms with Gasteiger partial charge >= 0.3 is 0 Å². The predicted molar refractivity (Wildman–Crippen MR) is 98.7 cm³/mol. The number of nitrogens with zero attached hydrogens (tertiary/aromatic N) is 1. The molecule has 3 heteroatoms. The monoisotopic (exact) mass is 325 g/mol. The molecule has 1 aromatic carbocycles. The Balaban J connectivity index is 2.28. The van der Waals surface area contributed by atoms with Gasteiger partial charge in [-0.2, -0.15) is 0 Å². The number of hydrogen-bond acceptors (Lipinski definition) is 3. The van der Waals surface area contributed by atoms with Crippen molar-refractivity contribution in [2.75, 3.05) is 0 Å². The van der Waals surface area contributed by atoms with Gasteiger partial charge in [-0.05, 0) is 33.6 Å². The minimum absolute atomic E-state index is 0.0808. The lowest BCUT2D eigenvalue weighted by Gasteiger charge is -2.30. The Morgan fingerprint density at radius 1 is 0.917 bits per heavy atom. The van der Waals surface area contributed by atoms with Crippen LogP contribution in [-0.4, -0.2) is 11.5 Å². The highest BCUT2D eigenvalue weighted by Crippen LogP contribution is 2.36. The van der Waals surface area contributed by atoms with Gasteiger partial charge in [0.1, 0.15) is 6.61 Å². The average molecular weight is 325 g/mol. The van der Waals surface area contributed by atoms with E-state index in [1.54, 1.807) is 6.08 Å². The highest BCUT2D eigenvalue weighted by Gasteiger charge is 2.32. The fraction of sp³-hybridized carbons (Fsp3) is 0.429. The molecule has 0 heterocycles. The van der Waals surface area contributed by atoms with E-state index >= 15 is 0 Å². The van der Waals surface area contributed by atoms with Gasteiger partial charge in [0.15, 0.2) is 5.71 Å². The van der Waals surface area contributed by atoms with E-state index in [-0.39, 0.29) is 16.6 Å². The summed E-state index contributed by atoms with van der Waals surface area (Å²) >= 11 is 0. The largest absolute Gasteiger partial charge is 0.390 e. The van der Waals surface area contributed by atoms with Gasteiger partial charge in [-0.15, -0.1) is 0 Å². The Kier molecular flexibility index (Phi) is 5.12. The first-order valence-electron chi connectivity index (χ1n) is 8.32. The Hall–Kier alpha value is -2.16. The van der Waals surface area contributed by atoms with Crippen LogP contribution < -0.4 is 0 Å². The molecule has 0 unspecified atom stereocenters. The zero-order valence-electron chi connectivity index (χ0n) is 15.5. The number of hydrogen-bond donors (Lipinski definition) is 0. The summed E-state index contributed by atoms with van der Waals surface area (Å²) in [6, 6.07) is 9.81. The minimum Gasteiger partial charge on any atom is -0.390 e. The molecule has 0 fully saturated rings. The number of allylic oxidation sites excluding steroid dienone is 4. The third kappa shape index (κ3) is 4.44. The van der Waals surface area contributed by atoms with Crippen LogP contribution in [0.1, 0.15) is 47.1 Å². The lowest BCUT2D eigenvalue weighted by atomic mass is 9.74. The molecule has 1 aliphatic carbocycles.